The molecule has 3 aliphatic carbocycles. The van der Waals surface area contributed by atoms with E-state index in [1.165, 1.54) is 19.3 Å². The maximum absolute atomic E-state index is 11.9. The van der Waals surface area contributed by atoms with Crippen LogP contribution in [0.1, 0.15) is 39.0 Å². The van der Waals surface area contributed by atoms with Crippen molar-refractivity contribution in [3.8, 4) is 0 Å². The first-order valence-corrected chi connectivity index (χ1v) is 7.41. The highest BCUT2D eigenvalue weighted by atomic mass is 16.4. The Balaban J connectivity index is 1.49. The number of fused-ring (bicyclic) bond motifs is 5. The molecule has 2 bridgehead atoms. The average molecular weight is 266 g/mol. The molecule has 0 saturated heterocycles. The average Bonchev–Trinajstić information content (AvgIpc) is 2.76. The third-order valence-corrected chi connectivity index (χ3v) is 5.21. The Labute approximate surface area is 113 Å². The fourth-order valence-electron chi connectivity index (χ4n) is 4.42. The minimum Gasteiger partial charge on any atom is -0.480 e. The van der Waals surface area contributed by atoms with Crippen LogP contribution < -0.4 is 10.6 Å². The van der Waals surface area contributed by atoms with Crippen LogP contribution in [0.3, 0.4) is 0 Å². The number of urea groups is 1. The zero-order chi connectivity index (χ0) is 13.6. The molecule has 0 aliphatic heterocycles. The van der Waals surface area contributed by atoms with E-state index in [1.54, 1.807) is 0 Å². The van der Waals surface area contributed by atoms with Gasteiger partial charge in [0.1, 0.15) is 6.04 Å². The summed E-state index contributed by atoms with van der Waals surface area (Å²) in [6, 6.07) is -0.762. The third-order valence-electron chi connectivity index (χ3n) is 5.21. The summed E-state index contributed by atoms with van der Waals surface area (Å²) in [4.78, 5) is 22.9. The fraction of sp³-hybridized carbons (Fsp3) is 0.857. The maximum atomic E-state index is 11.9. The molecule has 5 heteroatoms. The van der Waals surface area contributed by atoms with Crippen LogP contribution in [0.25, 0.3) is 0 Å². The molecule has 0 aromatic rings. The predicted molar refractivity (Wildman–Crippen MR) is 69.6 cm³/mol. The first-order valence-electron chi connectivity index (χ1n) is 7.41. The van der Waals surface area contributed by atoms with Crippen LogP contribution in [0.15, 0.2) is 0 Å². The van der Waals surface area contributed by atoms with Crippen LogP contribution >= 0.6 is 0 Å². The molecular weight excluding hydrogens is 244 g/mol. The standard InChI is InChI=1S/C14H22N2O3/c1-2-3-9(13(17)18)15-14(19)16-12-10-7-4-5-8(6-7)11(10)12/h7-12H,2-6H2,1H3,(H,17,18)(H2,15,16,19). The summed E-state index contributed by atoms with van der Waals surface area (Å²) >= 11 is 0. The van der Waals surface area contributed by atoms with Crippen LogP contribution in [0, 0.1) is 23.7 Å². The van der Waals surface area contributed by atoms with E-state index in [0.29, 0.717) is 24.3 Å². The summed E-state index contributed by atoms with van der Waals surface area (Å²) in [5.74, 6) is 2.03. The number of hydrogen-bond donors (Lipinski definition) is 3. The quantitative estimate of drug-likeness (QED) is 0.707. The molecule has 0 heterocycles. The van der Waals surface area contributed by atoms with Crippen molar-refractivity contribution in [1.82, 2.24) is 10.6 Å². The van der Waals surface area contributed by atoms with Gasteiger partial charge in [0, 0.05) is 6.04 Å². The van der Waals surface area contributed by atoms with Crippen molar-refractivity contribution in [3.63, 3.8) is 0 Å². The summed E-state index contributed by atoms with van der Waals surface area (Å²) in [6.07, 6.45) is 5.21. The number of aliphatic carboxylic acids is 1. The Morgan fingerprint density at radius 2 is 1.89 bits per heavy atom. The summed E-state index contributed by atoms with van der Waals surface area (Å²) in [5.41, 5.74) is 0. The number of carbonyl (C=O) groups is 2. The molecule has 0 aromatic heterocycles. The molecule has 19 heavy (non-hydrogen) atoms. The lowest BCUT2D eigenvalue weighted by Crippen LogP contribution is -2.47. The molecule has 3 aliphatic rings. The van der Waals surface area contributed by atoms with E-state index in [9.17, 15) is 9.59 Å². The number of carboxylic acid groups (broad SMARTS) is 1. The molecule has 3 saturated carbocycles. The van der Waals surface area contributed by atoms with E-state index >= 15 is 0 Å². The minimum atomic E-state index is -0.951. The maximum Gasteiger partial charge on any atom is 0.326 e. The van der Waals surface area contributed by atoms with E-state index in [0.717, 1.165) is 18.3 Å². The molecule has 3 N–H and O–H groups in total. The summed E-state index contributed by atoms with van der Waals surface area (Å²) in [7, 11) is 0. The van der Waals surface area contributed by atoms with Gasteiger partial charge in [-0.2, -0.15) is 0 Å². The molecule has 2 amide bonds. The molecule has 5 unspecified atom stereocenters. The highest BCUT2D eigenvalue weighted by molar-refractivity contribution is 5.82. The number of carbonyl (C=O) groups excluding carboxylic acids is 1. The van der Waals surface area contributed by atoms with Crippen molar-refractivity contribution in [1.29, 1.82) is 0 Å². The SMILES string of the molecule is CCCC(NC(=O)NC1C2C3CCC(C3)C12)C(=O)O. The van der Waals surface area contributed by atoms with E-state index in [4.69, 9.17) is 5.11 Å². The van der Waals surface area contributed by atoms with Gasteiger partial charge >= 0.3 is 12.0 Å². The van der Waals surface area contributed by atoms with E-state index in [-0.39, 0.29) is 6.03 Å². The number of rotatable bonds is 5. The second kappa shape index (κ2) is 4.69. The van der Waals surface area contributed by atoms with Gasteiger partial charge in [0.2, 0.25) is 0 Å². The molecule has 0 aromatic carbocycles. The zero-order valence-electron chi connectivity index (χ0n) is 11.3. The zero-order valence-corrected chi connectivity index (χ0v) is 11.3. The number of amides is 2. The van der Waals surface area contributed by atoms with Crippen molar-refractivity contribution in [3.05, 3.63) is 0 Å². The van der Waals surface area contributed by atoms with Crippen LogP contribution in [0.2, 0.25) is 0 Å². The lowest BCUT2D eigenvalue weighted by atomic mass is 10.0. The van der Waals surface area contributed by atoms with Gasteiger partial charge in [0.25, 0.3) is 0 Å². The van der Waals surface area contributed by atoms with Crippen molar-refractivity contribution in [2.45, 2.75) is 51.1 Å². The molecule has 3 fully saturated rings. The number of nitrogens with one attached hydrogen (secondary N) is 2. The summed E-state index contributed by atoms with van der Waals surface area (Å²) < 4.78 is 0. The third kappa shape index (κ3) is 2.19. The van der Waals surface area contributed by atoms with Gasteiger partial charge < -0.3 is 15.7 Å². The molecule has 106 valence electrons. The molecule has 3 rings (SSSR count). The van der Waals surface area contributed by atoms with Gasteiger partial charge in [-0.15, -0.1) is 0 Å². The van der Waals surface area contributed by atoms with Gasteiger partial charge in [-0.3, -0.25) is 0 Å². The fourth-order valence-corrected chi connectivity index (χ4v) is 4.42. The number of carboxylic acids is 1. The predicted octanol–water partition coefficient (Wildman–Crippen LogP) is 1.58. The summed E-state index contributed by atoms with van der Waals surface area (Å²) in [5, 5.41) is 14.6. The second-order valence-corrected chi connectivity index (χ2v) is 6.31. The molecule has 5 atom stereocenters. The van der Waals surface area contributed by atoms with Gasteiger partial charge in [-0.1, -0.05) is 13.3 Å². The van der Waals surface area contributed by atoms with Crippen molar-refractivity contribution < 1.29 is 14.7 Å². The van der Waals surface area contributed by atoms with Gasteiger partial charge in [0.15, 0.2) is 0 Å². The van der Waals surface area contributed by atoms with Crippen molar-refractivity contribution in [2.24, 2.45) is 23.7 Å². The van der Waals surface area contributed by atoms with E-state index in [2.05, 4.69) is 10.6 Å². The first-order chi connectivity index (χ1) is 9.11. The Hall–Kier alpha value is -1.26. The van der Waals surface area contributed by atoms with Crippen molar-refractivity contribution in [2.75, 3.05) is 0 Å². The second-order valence-electron chi connectivity index (χ2n) is 6.31. The topological polar surface area (TPSA) is 78.4 Å². The Morgan fingerprint density at radius 3 is 2.42 bits per heavy atom. The highest BCUT2D eigenvalue weighted by Gasteiger charge is 2.65. The molecular formula is C14H22N2O3. The largest absolute Gasteiger partial charge is 0.480 e. The lowest BCUT2D eigenvalue weighted by Gasteiger charge is -2.16. The minimum absolute atomic E-state index is 0.306. The molecule has 0 radical (unpaired) electrons. The lowest BCUT2D eigenvalue weighted by molar-refractivity contribution is -0.139. The van der Waals surface area contributed by atoms with Crippen LogP contribution in [0.5, 0.6) is 0 Å². The normalized spacial score (nSPS) is 39.5. The smallest absolute Gasteiger partial charge is 0.326 e. The van der Waals surface area contributed by atoms with Crippen LogP contribution in [0.4, 0.5) is 4.79 Å². The van der Waals surface area contributed by atoms with Gasteiger partial charge in [-0.25, -0.2) is 9.59 Å². The van der Waals surface area contributed by atoms with E-state index in [1.807, 2.05) is 6.92 Å². The monoisotopic (exact) mass is 266 g/mol. The van der Waals surface area contributed by atoms with Gasteiger partial charge in [0.05, 0.1) is 0 Å². The first kappa shape index (κ1) is 12.8. The van der Waals surface area contributed by atoms with E-state index < -0.39 is 12.0 Å². The highest BCUT2D eigenvalue weighted by Crippen LogP contribution is 2.65. The molecule has 0 spiro atoms. The summed E-state index contributed by atoms with van der Waals surface area (Å²) in [6.45, 7) is 1.92. The number of hydrogen-bond acceptors (Lipinski definition) is 2. The Bertz CT molecular complexity index is 382. The van der Waals surface area contributed by atoms with Crippen LogP contribution in [-0.2, 0) is 4.79 Å². The Morgan fingerprint density at radius 1 is 1.26 bits per heavy atom. The van der Waals surface area contributed by atoms with Crippen molar-refractivity contribution >= 4 is 12.0 Å². The molecule has 5 nitrogen and oxygen atoms in total. The van der Waals surface area contributed by atoms with Gasteiger partial charge in [-0.05, 0) is 49.4 Å². The Kier molecular flexibility index (Phi) is 3.15. The van der Waals surface area contributed by atoms with Crippen LogP contribution in [-0.4, -0.2) is 29.2 Å².